The molecule has 2 aliphatic rings. The fraction of sp³-hybridized carbons (Fsp3) is 0.516. The third-order valence-corrected chi connectivity index (χ3v) is 7.36. The Balaban J connectivity index is 1.31. The number of hydrogen-bond acceptors (Lipinski definition) is 4. The maximum absolute atomic E-state index is 12.7. The normalized spacial score (nSPS) is 17.0. The topological polar surface area (TPSA) is 78.8 Å². The molecule has 0 radical (unpaired) electrons. The van der Waals surface area contributed by atoms with E-state index in [2.05, 4.69) is 17.2 Å². The second-order valence-corrected chi connectivity index (χ2v) is 10.4. The first-order valence-corrected chi connectivity index (χ1v) is 14.4. The number of aliphatic imine (C=N–C) groups is 1. The molecule has 0 bridgehead atoms. The van der Waals surface area contributed by atoms with E-state index in [1.807, 2.05) is 6.07 Å². The van der Waals surface area contributed by atoms with Crippen molar-refractivity contribution in [1.82, 2.24) is 0 Å². The van der Waals surface area contributed by atoms with Crippen molar-refractivity contribution in [3.05, 3.63) is 57.8 Å². The summed E-state index contributed by atoms with van der Waals surface area (Å²) in [6.07, 6.45) is 22.8. The highest BCUT2D eigenvalue weighted by Crippen LogP contribution is 2.41. The van der Waals surface area contributed by atoms with Gasteiger partial charge in [0.1, 0.15) is 5.76 Å². The molecule has 1 aromatic carbocycles. The summed E-state index contributed by atoms with van der Waals surface area (Å²) in [7, 11) is 0. The second-order valence-electron chi connectivity index (χ2n) is 10.0. The minimum atomic E-state index is -0.389. The first kappa shape index (κ1) is 28.9. The maximum atomic E-state index is 12.7. The molecule has 5 nitrogen and oxygen atoms in total. The van der Waals surface area contributed by atoms with E-state index < -0.39 is 0 Å². The molecule has 0 saturated carbocycles. The Morgan fingerprint density at radius 3 is 1.92 bits per heavy atom. The van der Waals surface area contributed by atoms with Gasteiger partial charge in [0.15, 0.2) is 0 Å². The zero-order valence-corrected chi connectivity index (χ0v) is 22.9. The third-order valence-electron chi connectivity index (χ3n) is 7.05. The number of amides is 1. The molecule has 1 amide bonds. The van der Waals surface area contributed by atoms with Gasteiger partial charge in [0, 0.05) is 35.7 Å². The standard InChI is InChI=1S/C31H41ClN2O3/c1-2-3-4-5-6-7-8-9-10-11-12-13-14-15-20-33-24-17-18-25(26(32)21-24)29-30(36)28(31(29)37)23-16-19-27(35)34-22-23/h16-19,21-22,33,36H,2-15,20H2,1H3/b28-23-. The van der Waals surface area contributed by atoms with Crippen LogP contribution in [0.25, 0.3) is 5.57 Å². The number of ketones is 1. The number of nitrogens with zero attached hydrogens (tertiary/aromatic N) is 1. The van der Waals surface area contributed by atoms with Crippen molar-refractivity contribution in [1.29, 1.82) is 0 Å². The smallest absolute Gasteiger partial charge is 0.269 e. The Kier molecular flexibility index (Phi) is 12.2. The van der Waals surface area contributed by atoms with Crippen LogP contribution in [0.3, 0.4) is 0 Å². The lowest BCUT2D eigenvalue weighted by atomic mass is 9.80. The fourth-order valence-electron chi connectivity index (χ4n) is 4.83. The third kappa shape index (κ3) is 8.70. The Morgan fingerprint density at radius 1 is 0.811 bits per heavy atom. The zero-order valence-electron chi connectivity index (χ0n) is 22.2. The van der Waals surface area contributed by atoms with Gasteiger partial charge in [-0.25, -0.2) is 4.99 Å². The molecule has 1 aromatic rings. The van der Waals surface area contributed by atoms with Crippen molar-refractivity contribution in [2.45, 2.75) is 96.8 Å². The fourth-order valence-corrected chi connectivity index (χ4v) is 5.10. The number of carbonyl (C=O) groups excluding carboxylic acids is 2. The van der Waals surface area contributed by atoms with E-state index in [0.29, 0.717) is 16.2 Å². The minimum absolute atomic E-state index is 0.115. The molecule has 6 heteroatoms. The molecule has 3 rings (SSSR count). The molecule has 0 spiro atoms. The number of aliphatic hydroxyl groups is 1. The minimum Gasteiger partial charge on any atom is -0.506 e. The number of hydrogen-bond donors (Lipinski definition) is 2. The number of unbranched alkanes of at least 4 members (excludes halogenated alkanes) is 13. The van der Waals surface area contributed by atoms with Crippen LogP contribution < -0.4 is 5.32 Å². The summed E-state index contributed by atoms with van der Waals surface area (Å²) >= 11 is 6.45. The summed E-state index contributed by atoms with van der Waals surface area (Å²) < 4.78 is 0. The molecule has 1 aliphatic carbocycles. The Hall–Kier alpha value is -2.66. The molecule has 0 aromatic heterocycles. The second kappa shape index (κ2) is 15.6. The molecule has 0 unspecified atom stereocenters. The number of carbonyl (C=O) groups is 2. The van der Waals surface area contributed by atoms with Gasteiger partial charge in [0.2, 0.25) is 5.78 Å². The van der Waals surface area contributed by atoms with Gasteiger partial charge in [-0.1, -0.05) is 108 Å². The van der Waals surface area contributed by atoms with E-state index in [-0.39, 0.29) is 28.6 Å². The summed E-state index contributed by atoms with van der Waals surface area (Å²) in [5, 5.41) is 14.3. The van der Waals surface area contributed by atoms with Crippen LogP contribution in [0.1, 0.15) is 102 Å². The van der Waals surface area contributed by atoms with Crippen molar-refractivity contribution >= 4 is 40.8 Å². The van der Waals surface area contributed by atoms with Gasteiger partial charge in [-0.15, -0.1) is 0 Å². The Bertz CT molecular complexity index is 1050. The first-order valence-electron chi connectivity index (χ1n) is 14.1. The van der Waals surface area contributed by atoms with Gasteiger partial charge in [0.05, 0.1) is 16.2 Å². The lowest BCUT2D eigenvalue weighted by molar-refractivity contribution is -0.113. The number of benzene rings is 1. The number of aliphatic hydroxyl groups excluding tert-OH is 1. The maximum Gasteiger partial charge on any atom is 0.269 e. The van der Waals surface area contributed by atoms with Crippen LogP contribution in [-0.4, -0.2) is 29.6 Å². The Morgan fingerprint density at radius 2 is 1.41 bits per heavy atom. The molecule has 0 saturated heterocycles. The summed E-state index contributed by atoms with van der Waals surface area (Å²) in [6, 6.07) is 5.43. The largest absolute Gasteiger partial charge is 0.506 e. The van der Waals surface area contributed by atoms with Crippen LogP contribution in [0.15, 0.2) is 52.2 Å². The summed E-state index contributed by atoms with van der Waals surface area (Å²) in [6.45, 7) is 3.15. The number of anilines is 1. The summed E-state index contributed by atoms with van der Waals surface area (Å²) in [4.78, 5) is 27.5. The highest BCUT2D eigenvalue weighted by molar-refractivity contribution is 6.43. The molecular weight excluding hydrogens is 484 g/mol. The first-order chi connectivity index (χ1) is 18.0. The molecule has 1 heterocycles. The van der Waals surface area contributed by atoms with Crippen molar-refractivity contribution < 1.29 is 14.7 Å². The number of rotatable bonds is 17. The molecule has 1 aliphatic heterocycles. The lowest BCUT2D eigenvalue weighted by Crippen LogP contribution is -2.24. The van der Waals surface area contributed by atoms with Crippen molar-refractivity contribution in [2.75, 3.05) is 11.9 Å². The van der Waals surface area contributed by atoms with Crippen molar-refractivity contribution in [3.8, 4) is 0 Å². The highest BCUT2D eigenvalue weighted by Gasteiger charge is 2.37. The van der Waals surface area contributed by atoms with Gasteiger partial charge in [0.25, 0.3) is 5.91 Å². The van der Waals surface area contributed by atoms with E-state index in [0.717, 1.165) is 18.7 Å². The molecule has 0 atom stereocenters. The van der Waals surface area contributed by atoms with Gasteiger partial charge in [-0.05, 0) is 24.6 Å². The highest BCUT2D eigenvalue weighted by atomic mass is 35.5. The van der Waals surface area contributed by atoms with Gasteiger partial charge < -0.3 is 10.4 Å². The van der Waals surface area contributed by atoms with E-state index >= 15 is 0 Å². The van der Waals surface area contributed by atoms with Crippen molar-refractivity contribution in [3.63, 3.8) is 0 Å². The van der Waals surface area contributed by atoms with Crippen LogP contribution >= 0.6 is 11.6 Å². The predicted molar refractivity (Wildman–Crippen MR) is 154 cm³/mol. The molecule has 2 N–H and O–H groups in total. The van der Waals surface area contributed by atoms with Crippen LogP contribution in [0.5, 0.6) is 0 Å². The summed E-state index contributed by atoms with van der Waals surface area (Å²) in [5.41, 5.74) is 2.19. The van der Waals surface area contributed by atoms with E-state index in [1.165, 1.54) is 102 Å². The molecule has 200 valence electrons. The monoisotopic (exact) mass is 524 g/mol. The van der Waals surface area contributed by atoms with Crippen LogP contribution in [0.2, 0.25) is 5.02 Å². The number of Topliss-reactive ketones (excluding diaryl/α,β-unsaturated/α-hetero) is 1. The van der Waals surface area contributed by atoms with E-state index in [1.54, 1.807) is 12.1 Å². The Labute approximate surface area is 226 Å². The van der Waals surface area contributed by atoms with E-state index in [4.69, 9.17) is 11.6 Å². The van der Waals surface area contributed by atoms with E-state index in [9.17, 15) is 14.7 Å². The zero-order chi connectivity index (χ0) is 26.5. The van der Waals surface area contributed by atoms with Crippen LogP contribution in [0, 0.1) is 0 Å². The van der Waals surface area contributed by atoms with Gasteiger partial charge in [-0.3, -0.25) is 9.59 Å². The SMILES string of the molecule is CCCCCCCCCCCCCCCCNc1ccc(C2=C(O)/C(=C3\C=CC(=O)N=C3)C2=O)c(Cl)c1. The molecular formula is C31H41ClN2O3. The quantitative estimate of drug-likeness (QED) is 0.158. The number of allylic oxidation sites excluding steroid dienone is 4. The lowest BCUT2D eigenvalue weighted by Gasteiger charge is -2.24. The summed E-state index contributed by atoms with van der Waals surface area (Å²) in [5.74, 6) is -0.807. The van der Waals surface area contributed by atoms with Gasteiger partial charge in [-0.2, -0.15) is 0 Å². The van der Waals surface area contributed by atoms with Crippen LogP contribution in [-0.2, 0) is 9.59 Å². The number of halogens is 1. The molecule has 0 fully saturated rings. The molecule has 37 heavy (non-hydrogen) atoms. The van der Waals surface area contributed by atoms with Crippen molar-refractivity contribution in [2.24, 2.45) is 4.99 Å². The average molecular weight is 525 g/mol. The van der Waals surface area contributed by atoms with Crippen LogP contribution in [0.4, 0.5) is 5.69 Å². The van der Waals surface area contributed by atoms with Gasteiger partial charge >= 0.3 is 0 Å². The predicted octanol–water partition coefficient (Wildman–Crippen LogP) is 8.55. The number of dihydropyridines is 1. The number of nitrogens with one attached hydrogen (secondary N) is 1. The average Bonchev–Trinajstić information content (AvgIpc) is 2.89.